The maximum atomic E-state index is 12.4. The zero-order valence-corrected chi connectivity index (χ0v) is 17.2. The van der Waals surface area contributed by atoms with Crippen molar-refractivity contribution in [3.8, 4) is 11.1 Å². The molecule has 1 amide bonds. The lowest BCUT2D eigenvalue weighted by Gasteiger charge is -2.09. The van der Waals surface area contributed by atoms with Crippen LogP contribution in [0.2, 0.25) is 0 Å². The Kier molecular flexibility index (Phi) is 5.56. The van der Waals surface area contributed by atoms with Gasteiger partial charge in [-0.15, -0.1) is 0 Å². The highest BCUT2D eigenvalue weighted by atomic mass is 32.1. The summed E-state index contributed by atoms with van der Waals surface area (Å²) < 4.78 is 2.08. The Morgan fingerprint density at radius 1 is 1.19 bits per heavy atom. The largest absolute Gasteiger partial charge is 0.344 e. The Morgan fingerprint density at radius 3 is 2.48 bits per heavy atom. The molecule has 0 N–H and O–H groups in total. The molecule has 2 aromatic heterocycles. The molecular weight excluding hydrogens is 356 g/mol. The average molecular weight is 381 g/mol. The van der Waals surface area contributed by atoms with Gasteiger partial charge in [-0.3, -0.25) is 9.78 Å². The van der Waals surface area contributed by atoms with E-state index in [9.17, 15) is 4.79 Å². The van der Waals surface area contributed by atoms with E-state index in [0.29, 0.717) is 0 Å². The van der Waals surface area contributed by atoms with Gasteiger partial charge in [0.1, 0.15) is 4.88 Å². The van der Waals surface area contributed by atoms with Gasteiger partial charge in [0.25, 0.3) is 5.91 Å². The molecule has 0 bridgehead atoms. The molecule has 0 saturated heterocycles. The topological polar surface area (TPSA) is 50.5 Å². The van der Waals surface area contributed by atoms with E-state index < -0.39 is 0 Å². The van der Waals surface area contributed by atoms with Crippen molar-refractivity contribution < 1.29 is 4.79 Å². The minimum atomic E-state index is 0.0172. The lowest BCUT2D eigenvalue weighted by atomic mass is 10.0. The van der Waals surface area contributed by atoms with Gasteiger partial charge < -0.3 is 9.47 Å². The van der Waals surface area contributed by atoms with Gasteiger partial charge in [0.05, 0.1) is 5.69 Å². The fraction of sp³-hybridized carbons (Fsp3) is 0.286. The molecular formula is C21H24N4OS. The second-order valence-electron chi connectivity index (χ2n) is 6.54. The molecule has 0 aliphatic heterocycles. The van der Waals surface area contributed by atoms with E-state index in [2.05, 4.69) is 34.7 Å². The predicted molar refractivity (Wildman–Crippen MR) is 110 cm³/mol. The van der Waals surface area contributed by atoms with Crippen LogP contribution in [0.5, 0.6) is 0 Å². The third-order valence-electron chi connectivity index (χ3n) is 4.48. The molecule has 0 radical (unpaired) electrons. The zero-order chi connectivity index (χ0) is 19.6. The number of hydrogen-bond acceptors (Lipinski definition) is 4. The molecule has 140 valence electrons. The normalized spacial score (nSPS) is 11.7. The third kappa shape index (κ3) is 3.85. The van der Waals surface area contributed by atoms with Crippen molar-refractivity contribution in [2.45, 2.75) is 27.3 Å². The second-order valence-corrected chi connectivity index (χ2v) is 7.52. The molecule has 3 aromatic rings. The number of aromatic nitrogens is 2. The van der Waals surface area contributed by atoms with Crippen LogP contribution in [0.25, 0.3) is 11.1 Å². The van der Waals surface area contributed by atoms with Gasteiger partial charge in [-0.05, 0) is 44.5 Å². The Bertz CT molecular complexity index is 1030. The number of nitrogens with zero attached hydrogens (tertiary/aromatic N) is 4. The van der Waals surface area contributed by atoms with Gasteiger partial charge in [-0.2, -0.15) is 0 Å². The first-order valence-electron chi connectivity index (χ1n) is 8.91. The SMILES string of the molecule is CCn1c(C)c(C(=O)N(C)C)s/c1=N\c1ccc(-c2cccnc2C)cc1. The molecule has 0 fully saturated rings. The van der Waals surface area contributed by atoms with E-state index >= 15 is 0 Å². The van der Waals surface area contributed by atoms with Crippen LogP contribution in [0.15, 0.2) is 47.6 Å². The summed E-state index contributed by atoms with van der Waals surface area (Å²) in [5.41, 5.74) is 5.08. The summed E-state index contributed by atoms with van der Waals surface area (Å²) in [5.74, 6) is 0.0172. The molecule has 3 rings (SSSR count). The molecule has 6 heteroatoms. The Balaban J connectivity index is 2.01. The highest BCUT2D eigenvalue weighted by Crippen LogP contribution is 2.24. The van der Waals surface area contributed by atoms with Crippen molar-refractivity contribution in [3.63, 3.8) is 0 Å². The number of aryl methyl sites for hydroxylation is 1. The summed E-state index contributed by atoms with van der Waals surface area (Å²) in [4.78, 5) is 24.7. The predicted octanol–water partition coefficient (Wildman–Crippen LogP) is 4.18. The summed E-state index contributed by atoms with van der Waals surface area (Å²) in [6.07, 6.45) is 1.80. The average Bonchev–Trinajstić information content (AvgIpc) is 2.97. The quantitative estimate of drug-likeness (QED) is 0.682. The Labute approximate surface area is 163 Å². The molecule has 5 nitrogen and oxygen atoms in total. The maximum absolute atomic E-state index is 12.4. The van der Waals surface area contributed by atoms with Crippen molar-refractivity contribution in [3.05, 3.63) is 63.7 Å². The van der Waals surface area contributed by atoms with Crippen molar-refractivity contribution in [1.29, 1.82) is 0 Å². The maximum Gasteiger partial charge on any atom is 0.265 e. The summed E-state index contributed by atoms with van der Waals surface area (Å²) in [6, 6.07) is 12.1. The lowest BCUT2D eigenvalue weighted by Crippen LogP contribution is -2.21. The Morgan fingerprint density at radius 2 is 1.89 bits per heavy atom. The molecule has 2 heterocycles. The molecule has 0 unspecified atom stereocenters. The fourth-order valence-corrected chi connectivity index (χ4v) is 4.20. The van der Waals surface area contributed by atoms with Gasteiger partial charge in [-0.25, -0.2) is 4.99 Å². The van der Waals surface area contributed by atoms with Gasteiger partial charge in [-0.1, -0.05) is 29.5 Å². The summed E-state index contributed by atoms with van der Waals surface area (Å²) in [5, 5.41) is 0. The molecule has 1 aromatic carbocycles. The molecule has 0 aliphatic rings. The van der Waals surface area contributed by atoms with E-state index in [1.807, 2.05) is 32.0 Å². The number of carbonyl (C=O) groups excluding carboxylic acids is 1. The van der Waals surface area contributed by atoms with Gasteiger partial charge >= 0.3 is 0 Å². The van der Waals surface area contributed by atoms with Gasteiger partial charge in [0.2, 0.25) is 0 Å². The minimum Gasteiger partial charge on any atom is -0.344 e. The molecule has 27 heavy (non-hydrogen) atoms. The van der Waals surface area contributed by atoms with Crippen LogP contribution in [0.3, 0.4) is 0 Å². The number of carbonyl (C=O) groups is 1. The first-order valence-corrected chi connectivity index (χ1v) is 9.72. The summed E-state index contributed by atoms with van der Waals surface area (Å²) in [6.45, 7) is 6.82. The summed E-state index contributed by atoms with van der Waals surface area (Å²) in [7, 11) is 3.54. The minimum absolute atomic E-state index is 0.0172. The van der Waals surface area contributed by atoms with E-state index in [4.69, 9.17) is 4.99 Å². The van der Waals surface area contributed by atoms with E-state index in [-0.39, 0.29) is 5.91 Å². The first kappa shape index (κ1) is 19.0. The number of thiazole rings is 1. The van der Waals surface area contributed by atoms with Crippen molar-refractivity contribution in [2.24, 2.45) is 4.99 Å². The second kappa shape index (κ2) is 7.88. The van der Waals surface area contributed by atoms with E-state index in [1.54, 1.807) is 25.2 Å². The van der Waals surface area contributed by atoms with Crippen LogP contribution in [0.1, 0.15) is 28.0 Å². The molecule has 0 atom stereocenters. The van der Waals surface area contributed by atoms with Crippen LogP contribution >= 0.6 is 11.3 Å². The standard InChI is InChI=1S/C21H24N4OS/c1-6-25-15(3)19(20(26)24(4)5)27-21(25)23-17-11-9-16(10-12-17)18-8-7-13-22-14(18)2/h7-13H,6H2,1-5H3/b23-21-. The summed E-state index contributed by atoms with van der Waals surface area (Å²) >= 11 is 1.44. The van der Waals surface area contributed by atoms with Crippen LogP contribution in [-0.4, -0.2) is 34.5 Å². The number of benzene rings is 1. The van der Waals surface area contributed by atoms with Crippen molar-refractivity contribution in [1.82, 2.24) is 14.5 Å². The number of amides is 1. The number of rotatable bonds is 4. The van der Waals surface area contributed by atoms with Crippen LogP contribution in [-0.2, 0) is 6.54 Å². The number of hydrogen-bond donors (Lipinski definition) is 0. The van der Waals surface area contributed by atoms with Crippen molar-refractivity contribution >= 4 is 22.9 Å². The highest BCUT2D eigenvalue weighted by Gasteiger charge is 2.17. The van der Waals surface area contributed by atoms with Crippen molar-refractivity contribution in [2.75, 3.05) is 14.1 Å². The fourth-order valence-electron chi connectivity index (χ4n) is 2.96. The number of pyridine rings is 1. The smallest absolute Gasteiger partial charge is 0.265 e. The van der Waals surface area contributed by atoms with E-state index in [0.717, 1.165) is 44.4 Å². The first-order chi connectivity index (χ1) is 12.9. The monoisotopic (exact) mass is 380 g/mol. The molecule has 0 aliphatic carbocycles. The lowest BCUT2D eigenvalue weighted by molar-refractivity contribution is 0.0831. The Hall–Kier alpha value is -2.73. The molecule has 0 saturated carbocycles. The van der Waals surface area contributed by atoms with Crippen LogP contribution in [0, 0.1) is 13.8 Å². The van der Waals surface area contributed by atoms with Crippen LogP contribution < -0.4 is 4.80 Å². The van der Waals surface area contributed by atoms with Gasteiger partial charge in [0.15, 0.2) is 4.80 Å². The third-order valence-corrected chi connectivity index (χ3v) is 5.65. The van der Waals surface area contributed by atoms with E-state index in [1.165, 1.54) is 11.3 Å². The van der Waals surface area contributed by atoms with Gasteiger partial charge in [0, 0.05) is 43.8 Å². The zero-order valence-electron chi connectivity index (χ0n) is 16.4. The molecule has 0 spiro atoms. The highest BCUT2D eigenvalue weighted by molar-refractivity contribution is 7.11. The van der Waals surface area contributed by atoms with Crippen LogP contribution in [0.4, 0.5) is 5.69 Å².